The summed E-state index contributed by atoms with van der Waals surface area (Å²) >= 11 is 0. The number of hydrogen-bond donors (Lipinski definition) is 0. The second kappa shape index (κ2) is 3.82. The van der Waals surface area contributed by atoms with Crippen molar-refractivity contribution in [1.29, 1.82) is 0 Å². The Kier molecular flexibility index (Phi) is 2.30. The monoisotopic (exact) mass is 292 g/mol. The van der Waals surface area contributed by atoms with Crippen LogP contribution in [-0.2, 0) is 4.79 Å². The van der Waals surface area contributed by atoms with Crippen molar-refractivity contribution in [3.63, 3.8) is 0 Å². The van der Waals surface area contributed by atoms with Crippen LogP contribution in [-0.4, -0.2) is 5.78 Å². The third-order valence-electron chi connectivity index (χ3n) is 8.51. The molecule has 0 amide bonds. The molecule has 0 heterocycles. The van der Waals surface area contributed by atoms with Crippen molar-refractivity contribution in [2.45, 2.75) is 46.0 Å². The predicted molar refractivity (Wildman–Crippen MR) is 85.3 cm³/mol. The van der Waals surface area contributed by atoms with Gasteiger partial charge in [0, 0.05) is 17.8 Å². The van der Waals surface area contributed by atoms with Crippen LogP contribution in [0.25, 0.3) is 0 Å². The Hall–Kier alpha value is -1.21. The van der Waals surface area contributed by atoms with E-state index in [2.05, 4.69) is 24.7 Å². The zero-order chi connectivity index (χ0) is 15.3. The van der Waals surface area contributed by atoms with Gasteiger partial charge in [0.05, 0.1) is 0 Å². The average Bonchev–Trinajstić information content (AvgIpc) is 2.51. The van der Waals surface area contributed by atoms with E-state index in [4.69, 9.17) is 6.42 Å². The topological polar surface area (TPSA) is 17.1 Å². The maximum atomic E-state index is 11.4. The lowest BCUT2D eigenvalue weighted by atomic mass is 9.29. The van der Waals surface area contributed by atoms with Gasteiger partial charge in [-0.05, 0) is 79.4 Å². The van der Waals surface area contributed by atoms with Gasteiger partial charge < -0.3 is 0 Å². The summed E-state index contributed by atoms with van der Waals surface area (Å²) in [7, 11) is 0. The van der Waals surface area contributed by atoms with Crippen molar-refractivity contribution in [3.05, 3.63) is 0 Å². The zero-order valence-electron chi connectivity index (χ0n) is 13.6. The summed E-state index contributed by atoms with van der Waals surface area (Å²) in [4.78, 5) is 11.4. The average molecular weight is 292 g/mol. The van der Waals surface area contributed by atoms with Gasteiger partial charge in [0.25, 0.3) is 0 Å². The first-order chi connectivity index (χ1) is 10.5. The highest BCUT2D eigenvalue weighted by Crippen LogP contribution is 2.77. The number of ketones is 1. The summed E-state index contributed by atoms with van der Waals surface area (Å²) in [6, 6.07) is 0. The first-order valence-corrected chi connectivity index (χ1v) is 9.00. The van der Waals surface area contributed by atoms with Crippen molar-refractivity contribution in [1.82, 2.24) is 0 Å². The summed E-state index contributed by atoms with van der Waals surface area (Å²) in [5, 5.41) is 0. The Morgan fingerprint density at radius 1 is 1.00 bits per heavy atom. The van der Waals surface area contributed by atoms with Crippen LogP contribution in [0.3, 0.4) is 0 Å². The van der Waals surface area contributed by atoms with E-state index in [0.29, 0.717) is 5.92 Å². The van der Waals surface area contributed by atoms with Crippen molar-refractivity contribution in [3.8, 4) is 24.2 Å². The summed E-state index contributed by atoms with van der Waals surface area (Å²) in [5.41, 5.74) is 0.383. The van der Waals surface area contributed by atoms with Gasteiger partial charge in [-0.1, -0.05) is 18.8 Å². The lowest BCUT2D eigenvalue weighted by Crippen LogP contribution is -2.69. The first-order valence-electron chi connectivity index (χ1n) is 9.00. The van der Waals surface area contributed by atoms with Crippen LogP contribution in [0, 0.1) is 76.4 Å². The van der Waals surface area contributed by atoms with E-state index >= 15 is 0 Å². The SMILES string of the molecule is C#CC12CC3C4CC5(C#CC(C)=O)CC3C(C1)C(C4C2)C5C. The highest BCUT2D eigenvalue weighted by Gasteiger charge is 2.72. The van der Waals surface area contributed by atoms with Crippen molar-refractivity contribution in [2.24, 2.45) is 52.3 Å². The Labute approximate surface area is 133 Å². The van der Waals surface area contributed by atoms with Crippen LogP contribution in [0.4, 0.5) is 0 Å². The van der Waals surface area contributed by atoms with E-state index in [9.17, 15) is 4.79 Å². The highest BCUT2D eigenvalue weighted by molar-refractivity contribution is 5.93. The fourth-order valence-corrected chi connectivity index (χ4v) is 7.94. The molecule has 7 aliphatic rings. The number of rotatable bonds is 0. The molecule has 7 saturated carbocycles. The molecule has 0 saturated heterocycles. The largest absolute Gasteiger partial charge is 0.285 e. The van der Waals surface area contributed by atoms with E-state index < -0.39 is 0 Å². The van der Waals surface area contributed by atoms with Gasteiger partial charge >= 0.3 is 0 Å². The van der Waals surface area contributed by atoms with E-state index in [1.807, 2.05) is 0 Å². The number of terminal acetylenes is 1. The molecule has 0 aromatic carbocycles. The Balaban J connectivity index is 1.60. The van der Waals surface area contributed by atoms with Crippen LogP contribution in [0.2, 0.25) is 0 Å². The van der Waals surface area contributed by atoms with Crippen LogP contribution in [0.1, 0.15) is 46.0 Å². The van der Waals surface area contributed by atoms with E-state index in [1.165, 1.54) is 32.1 Å². The highest BCUT2D eigenvalue weighted by atomic mass is 16.1. The fourth-order valence-electron chi connectivity index (χ4n) is 7.94. The predicted octanol–water partition coefficient (Wildman–Crippen LogP) is 3.54. The zero-order valence-corrected chi connectivity index (χ0v) is 13.6. The number of carbonyl (C=O) groups is 1. The van der Waals surface area contributed by atoms with Crippen LogP contribution in [0.5, 0.6) is 0 Å². The number of Topliss-reactive ketones (excluding diaryl/α,β-unsaturated/α-hetero) is 1. The lowest BCUT2D eigenvalue weighted by molar-refractivity contribution is -0.257. The van der Waals surface area contributed by atoms with E-state index in [0.717, 1.165) is 35.5 Å². The van der Waals surface area contributed by atoms with E-state index in [1.54, 1.807) is 6.92 Å². The van der Waals surface area contributed by atoms with Crippen molar-refractivity contribution < 1.29 is 4.79 Å². The molecular weight excluding hydrogens is 268 g/mol. The van der Waals surface area contributed by atoms with Crippen molar-refractivity contribution >= 4 is 5.78 Å². The molecule has 0 aromatic rings. The molecule has 0 radical (unpaired) electrons. The summed E-state index contributed by atoms with van der Waals surface area (Å²) in [5.74, 6) is 15.4. The maximum Gasteiger partial charge on any atom is 0.202 e. The van der Waals surface area contributed by atoms with Crippen LogP contribution in [0.15, 0.2) is 0 Å². The third-order valence-corrected chi connectivity index (χ3v) is 8.51. The van der Waals surface area contributed by atoms with Crippen molar-refractivity contribution in [2.75, 3.05) is 0 Å². The molecule has 0 aliphatic heterocycles. The maximum absolute atomic E-state index is 11.4. The van der Waals surface area contributed by atoms with Gasteiger partial charge in [-0.25, -0.2) is 0 Å². The van der Waals surface area contributed by atoms with Crippen LogP contribution >= 0.6 is 0 Å². The Bertz CT molecular complexity index is 644. The van der Waals surface area contributed by atoms with Gasteiger partial charge in [-0.15, -0.1) is 6.42 Å². The quantitative estimate of drug-likeness (QED) is 0.493. The molecule has 5 unspecified atom stereocenters. The standard InChI is InChI=1S/C21H24O/c1-4-20-7-14-15-10-21(6-5-12(2)22)11-16(14)18(9-20)19(13(21)3)17(15)8-20/h1,13-19H,7-11H2,2-3H3. The molecule has 7 rings (SSSR count). The number of hydrogen-bond acceptors (Lipinski definition) is 1. The van der Waals surface area contributed by atoms with Gasteiger partial charge in [-0.2, -0.15) is 0 Å². The van der Waals surface area contributed by atoms with Gasteiger partial charge in [0.2, 0.25) is 5.78 Å². The normalized spacial score (nSPS) is 59.0. The summed E-state index contributed by atoms with van der Waals surface area (Å²) < 4.78 is 0. The molecule has 1 heteroatoms. The van der Waals surface area contributed by atoms with Gasteiger partial charge in [0.1, 0.15) is 0 Å². The Morgan fingerprint density at radius 3 is 2.09 bits per heavy atom. The first kappa shape index (κ1) is 13.2. The molecule has 8 bridgehead atoms. The molecular formula is C21H24O. The minimum Gasteiger partial charge on any atom is -0.285 e. The minimum atomic E-state index is 0.0260. The minimum absolute atomic E-state index is 0.0260. The fraction of sp³-hybridized carbons (Fsp3) is 0.762. The summed E-state index contributed by atoms with van der Waals surface area (Å²) in [6.45, 7) is 4.02. The second-order valence-corrected chi connectivity index (χ2v) is 9.09. The third kappa shape index (κ3) is 1.33. The molecule has 0 aromatic heterocycles. The van der Waals surface area contributed by atoms with E-state index in [-0.39, 0.29) is 16.6 Å². The lowest BCUT2D eigenvalue weighted by Gasteiger charge is -2.75. The van der Waals surface area contributed by atoms with Gasteiger partial charge in [-0.3, -0.25) is 4.79 Å². The van der Waals surface area contributed by atoms with Crippen LogP contribution < -0.4 is 0 Å². The molecule has 0 N–H and O–H groups in total. The molecule has 7 aliphatic carbocycles. The number of carbonyl (C=O) groups excluding carboxylic acids is 1. The molecule has 7 fully saturated rings. The summed E-state index contributed by atoms with van der Waals surface area (Å²) in [6.07, 6.45) is 12.3. The van der Waals surface area contributed by atoms with Gasteiger partial charge in [0.15, 0.2) is 0 Å². The molecule has 0 spiro atoms. The molecule has 5 atom stereocenters. The second-order valence-electron chi connectivity index (χ2n) is 9.09. The molecule has 114 valence electrons. The molecule has 22 heavy (non-hydrogen) atoms. The molecule has 1 nitrogen and oxygen atoms in total. The Morgan fingerprint density at radius 2 is 1.55 bits per heavy atom. The smallest absolute Gasteiger partial charge is 0.202 e.